The van der Waals surface area contributed by atoms with Gasteiger partial charge in [-0.2, -0.15) is 5.10 Å². The van der Waals surface area contributed by atoms with E-state index in [9.17, 15) is 14.7 Å². The van der Waals surface area contributed by atoms with Crippen LogP contribution in [0, 0.1) is 11.8 Å². The topological polar surface area (TPSA) is 88.3 Å². The number of aromatic carboxylic acids is 1. The summed E-state index contributed by atoms with van der Waals surface area (Å²) in [7, 11) is 0. The van der Waals surface area contributed by atoms with Crippen LogP contribution in [0.3, 0.4) is 0 Å². The number of carboxylic acid groups (broad SMARTS) is 1. The van der Waals surface area contributed by atoms with Crippen LogP contribution in [-0.2, 0) is 4.79 Å². The summed E-state index contributed by atoms with van der Waals surface area (Å²) >= 11 is 1.35. The third kappa shape index (κ3) is 5.70. The number of thiophene rings is 1. The molecule has 3 aliphatic carbocycles. The van der Waals surface area contributed by atoms with Crippen molar-refractivity contribution in [2.45, 2.75) is 96.1 Å². The zero-order valence-electron chi connectivity index (χ0n) is 21.0. The molecule has 2 aromatic heterocycles. The fourth-order valence-electron chi connectivity index (χ4n) is 6.12. The number of carbonyl (C=O) groups excluding carboxylic acids is 1. The minimum Gasteiger partial charge on any atom is -0.477 e. The molecule has 5 rings (SSSR count). The van der Waals surface area contributed by atoms with E-state index < -0.39 is 5.97 Å². The van der Waals surface area contributed by atoms with Gasteiger partial charge in [0.25, 0.3) is 0 Å². The maximum Gasteiger partial charge on any atom is 0.348 e. The molecule has 2 fully saturated rings. The first-order valence-electron chi connectivity index (χ1n) is 13.2. The molecule has 2 aromatic rings. The van der Waals surface area contributed by atoms with Gasteiger partial charge in [0.1, 0.15) is 17.5 Å². The van der Waals surface area contributed by atoms with E-state index in [1.54, 1.807) is 12.7 Å². The maximum absolute atomic E-state index is 14.1. The summed E-state index contributed by atoms with van der Waals surface area (Å²) in [6.45, 7) is 2.26. The molecule has 1 amide bonds. The van der Waals surface area contributed by atoms with Gasteiger partial charge >= 0.3 is 5.97 Å². The Balaban J connectivity index is 0.00000304. The predicted molar refractivity (Wildman–Crippen MR) is 145 cm³/mol. The summed E-state index contributed by atoms with van der Waals surface area (Å²) in [4.78, 5) is 33.8. The molecule has 0 spiro atoms. The van der Waals surface area contributed by atoms with Crippen molar-refractivity contribution < 1.29 is 14.7 Å². The summed E-state index contributed by atoms with van der Waals surface area (Å²) in [5, 5.41) is 14.5. The minimum absolute atomic E-state index is 0. The second kappa shape index (κ2) is 11.9. The second-order valence-corrected chi connectivity index (χ2v) is 11.7. The van der Waals surface area contributed by atoms with Gasteiger partial charge in [0.2, 0.25) is 5.91 Å². The number of hydrogen-bond donors (Lipinski definition) is 1. The lowest BCUT2D eigenvalue weighted by molar-refractivity contribution is -0.124. The number of carboxylic acids is 1. The lowest BCUT2D eigenvalue weighted by Crippen LogP contribution is -2.46. The Labute approximate surface area is 223 Å². The van der Waals surface area contributed by atoms with E-state index in [1.807, 2.05) is 15.6 Å². The largest absolute Gasteiger partial charge is 0.477 e. The van der Waals surface area contributed by atoms with Crippen molar-refractivity contribution in [1.29, 1.82) is 0 Å². The molecule has 1 N–H and O–H groups in total. The van der Waals surface area contributed by atoms with Gasteiger partial charge < -0.3 is 10.0 Å². The van der Waals surface area contributed by atoms with Gasteiger partial charge in [-0.15, -0.1) is 23.7 Å². The van der Waals surface area contributed by atoms with Crippen LogP contribution < -0.4 is 4.90 Å². The molecule has 0 radical (unpaired) electrons. The van der Waals surface area contributed by atoms with Crippen LogP contribution >= 0.6 is 23.7 Å². The molecule has 7 nitrogen and oxygen atoms in total. The smallest absolute Gasteiger partial charge is 0.348 e. The molecule has 0 aliphatic heterocycles. The summed E-state index contributed by atoms with van der Waals surface area (Å²) < 4.78 is 1.92. The molecule has 9 heteroatoms. The van der Waals surface area contributed by atoms with Crippen LogP contribution in [0.15, 0.2) is 24.8 Å². The Bertz CT molecular complexity index is 1070. The Morgan fingerprint density at radius 2 is 1.83 bits per heavy atom. The Morgan fingerprint density at radius 3 is 2.44 bits per heavy atom. The number of rotatable bonds is 6. The van der Waals surface area contributed by atoms with Crippen LogP contribution in [0.2, 0.25) is 0 Å². The SMILES string of the molecule is C[C@H]1CC[C@H](C(=O)N(c2cc(C3=CCCCC3)sc2C(=O)O)[C@H]2CC[C@H](n3cncn3)CC2)CC1.Cl. The summed E-state index contributed by atoms with van der Waals surface area (Å²) in [5.74, 6) is -0.158. The van der Waals surface area contributed by atoms with E-state index >= 15 is 0 Å². The van der Waals surface area contributed by atoms with Gasteiger partial charge in [0, 0.05) is 16.8 Å². The number of amides is 1. The highest BCUT2D eigenvalue weighted by Crippen LogP contribution is 2.42. The normalized spacial score (nSPS) is 26.5. The van der Waals surface area contributed by atoms with Crippen LogP contribution in [-0.4, -0.2) is 37.8 Å². The van der Waals surface area contributed by atoms with Gasteiger partial charge in [0.15, 0.2) is 0 Å². The molecule has 2 heterocycles. The highest BCUT2D eigenvalue weighted by molar-refractivity contribution is 7.15. The van der Waals surface area contributed by atoms with Crippen molar-refractivity contribution >= 4 is 46.9 Å². The molecule has 0 atom stereocenters. The number of carbonyl (C=O) groups is 2. The maximum atomic E-state index is 14.1. The van der Waals surface area contributed by atoms with E-state index in [1.165, 1.54) is 23.3 Å². The highest BCUT2D eigenvalue weighted by Gasteiger charge is 2.38. The Hall–Kier alpha value is -2.19. The summed E-state index contributed by atoms with van der Waals surface area (Å²) in [6.07, 6.45) is 17.4. The van der Waals surface area contributed by atoms with Crippen LogP contribution in [0.5, 0.6) is 0 Å². The average Bonchev–Trinajstić information content (AvgIpc) is 3.57. The molecule has 36 heavy (non-hydrogen) atoms. The lowest BCUT2D eigenvalue weighted by Gasteiger charge is -2.39. The van der Waals surface area contributed by atoms with E-state index in [-0.39, 0.29) is 36.3 Å². The minimum atomic E-state index is -0.931. The molecule has 196 valence electrons. The number of halogens is 1. The lowest BCUT2D eigenvalue weighted by atomic mass is 9.81. The van der Waals surface area contributed by atoms with Crippen LogP contribution in [0.4, 0.5) is 5.69 Å². The van der Waals surface area contributed by atoms with E-state index in [4.69, 9.17) is 0 Å². The zero-order chi connectivity index (χ0) is 24.4. The standard InChI is InChI=1S/C27H36N4O3S.ClH/c1-18-7-9-20(10-8-18)26(32)31(22-13-11-21(12-14-22)30-17-28-16-29-30)23-15-24(35-25(23)27(33)34)19-5-3-2-4-6-19;/h5,15-18,20-22H,2-4,6-14H2,1H3,(H,33,34);1H/t18-,20-,21-,22-;. The molecule has 2 saturated carbocycles. The third-order valence-corrected chi connectivity index (χ3v) is 9.41. The molecule has 3 aliphatic rings. The molecule has 0 unspecified atom stereocenters. The first-order valence-corrected chi connectivity index (χ1v) is 14.1. The summed E-state index contributed by atoms with van der Waals surface area (Å²) in [5.41, 5.74) is 1.86. The van der Waals surface area contributed by atoms with E-state index in [0.29, 0.717) is 16.5 Å². The molecular weight excluding hydrogens is 496 g/mol. The van der Waals surface area contributed by atoms with Gasteiger partial charge in [-0.25, -0.2) is 14.5 Å². The van der Waals surface area contributed by atoms with Crippen molar-refractivity contribution in [3.05, 3.63) is 34.6 Å². The third-order valence-electron chi connectivity index (χ3n) is 8.22. The fourth-order valence-corrected chi connectivity index (χ4v) is 7.18. The molecule has 0 saturated heterocycles. The van der Waals surface area contributed by atoms with E-state index in [0.717, 1.165) is 75.5 Å². The van der Waals surface area contributed by atoms with Gasteiger partial charge in [-0.1, -0.05) is 13.0 Å². The number of hydrogen-bond acceptors (Lipinski definition) is 5. The quantitative estimate of drug-likeness (QED) is 0.444. The Kier molecular flexibility index (Phi) is 8.88. The number of nitrogens with zero attached hydrogens (tertiary/aromatic N) is 4. The first-order chi connectivity index (χ1) is 17.0. The monoisotopic (exact) mass is 532 g/mol. The molecule has 0 aromatic carbocycles. The van der Waals surface area contributed by atoms with Crippen LogP contribution in [0.25, 0.3) is 5.57 Å². The summed E-state index contributed by atoms with van der Waals surface area (Å²) in [6, 6.07) is 2.31. The number of aromatic nitrogens is 3. The highest BCUT2D eigenvalue weighted by atomic mass is 35.5. The van der Waals surface area contributed by atoms with Gasteiger partial charge in [-0.05, 0) is 94.6 Å². The molecule has 0 bridgehead atoms. The second-order valence-electron chi connectivity index (χ2n) is 10.6. The van der Waals surface area contributed by atoms with Gasteiger partial charge in [-0.3, -0.25) is 4.79 Å². The zero-order valence-corrected chi connectivity index (χ0v) is 22.6. The first kappa shape index (κ1) is 26.9. The van der Waals surface area contributed by atoms with E-state index in [2.05, 4.69) is 23.1 Å². The number of anilines is 1. The van der Waals surface area contributed by atoms with Crippen molar-refractivity contribution in [2.75, 3.05) is 4.90 Å². The van der Waals surface area contributed by atoms with Gasteiger partial charge in [0.05, 0.1) is 11.7 Å². The number of allylic oxidation sites excluding steroid dienone is 2. The predicted octanol–water partition coefficient (Wildman–Crippen LogP) is 6.76. The van der Waals surface area contributed by atoms with Crippen molar-refractivity contribution in [3.63, 3.8) is 0 Å². The average molecular weight is 533 g/mol. The fraction of sp³-hybridized carbons (Fsp3) is 0.630. The molecular formula is C27H37ClN4O3S. The van der Waals surface area contributed by atoms with Crippen LogP contribution in [0.1, 0.15) is 105 Å². The Morgan fingerprint density at radius 1 is 1.08 bits per heavy atom. The van der Waals surface area contributed by atoms with Crippen molar-refractivity contribution in [2.24, 2.45) is 11.8 Å². The van der Waals surface area contributed by atoms with Crippen molar-refractivity contribution in [1.82, 2.24) is 14.8 Å². The van der Waals surface area contributed by atoms with Crippen molar-refractivity contribution in [3.8, 4) is 0 Å².